The monoisotopic (exact) mass is 336 g/mol. The van der Waals surface area contributed by atoms with Crippen LogP contribution in [-0.2, 0) is 6.42 Å². The minimum absolute atomic E-state index is 0.210. The topological polar surface area (TPSA) is 77.8 Å². The maximum atomic E-state index is 13.7. The zero-order valence-corrected chi connectivity index (χ0v) is 13.3. The summed E-state index contributed by atoms with van der Waals surface area (Å²) in [6, 6.07) is 14.3. The fourth-order valence-corrected chi connectivity index (χ4v) is 2.33. The molecule has 25 heavy (non-hydrogen) atoms. The van der Waals surface area contributed by atoms with Crippen LogP contribution in [0.5, 0.6) is 0 Å². The van der Waals surface area contributed by atoms with E-state index in [1.807, 2.05) is 30.3 Å². The summed E-state index contributed by atoms with van der Waals surface area (Å²) in [7, 11) is 0. The van der Waals surface area contributed by atoms with Crippen molar-refractivity contribution < 1.29 is 13.3 Å². The van der Waals surface area contributed by atoms with Crippen molar-refractivity contribution in [3.63, 3.8) is 0 Å². The van der Waals surface area contributed by atoms with E-state index in [4.69, 9.17) is 8.94 Å². The number of rotatable bonds is 4. The molecule has 0 saturated heterocycles. The van der Waals surface area contributed by atoms with Gasteiger partial charge < -0.3 is 8.94 Å². The predicted molar refractivity (Wildman–Crippen MR) is 87.0 cm³/mol. The van der Waals surface area contributed by atoms with Gasteiger partial charge in [-0.05, 0) is 24.6 Å². The number of halogens is 1. The second-order valence-corrected chi connectivity index (χ2v) is 5.52. The van der Waals surface area contributed by atoms with Crippen LogP contribution >= 0.6 is 0 Å². The number of hydrogen-bond donors (Lipinski definition) is 0. The molecule has 0 aliphatic heterocycles. The van der Waals surface area contributed by atoms with E-state index >= 15 is 0 Å². The van der Waals surface area contributed by atoms with Crippen molar-refractivity contribution in [2.24, 2.45) is 0 Å². The third-order valence-corrected chi connectivity index (χ3v) is 3.69. The number of hydrogen-bond acceptors (Lipinski definition) is 6. The maximum absolute atomic E-state index is 13.7. The normalized spacial score (nSPS) is 11.0. The quantitative estimate of drug-likeness (QED) is 0.564. The van der Waals surface area contributed by atoms with E-state index in [0.717, 1.165) is 5.56 Å². The molecule has 0 aliphatic rings. The molecular formula is C18H13FN4O2. The van der Waals surface area contributed by atoms with Crippen molar-refractivity contribution >= 4 is 0 Å². The largest absolute Gasteiger partial charge is 0.420 e. The van der Waals surface area contributed by atoms with Crippen molar-refractivity contribution in [2.45, 2.75) is 13.3 Å². The Kier molecular flexibility index (Phi) is 3.81. The summed E-state index contributed by atoms with van der Waals surface area (Å²) in [6.07, 6.45) is 0.210. The second-order valence-electron chi connectivity index (χ2n) is 5.52. The van der Waals surface area contributed by atoms with E-state index in [-0.39, 0.29) is 18.1 Å². The molecule has 124 valence electrons. The lowest BCUT2D eigenvalue weighted by molar-refractivity contribution is 0.374. The van der Waals surface area contributed by atoms with Gasteiger partial charge in [-0.2, -0.15) is 4.98 Å². The first-order valence-electron chi connectivity index (χ1n) is 7.66. The second kappa shape index (κ2) is 6.27. The van der Waals surface area contributed by atoms with Gasteiger partial charge in [-0.15, -0.1) is 10.2 Å². The van der Waals surface area contributed by atoms with Crippen molar-refractivity contribution in [1.82, 2.24) is 20.3 Å². The van der Waals surface area contributed by atoms with Gasteiger partial charge in [-0.1, -0.05) is 41.6 Å². The lowest BCUT2D eigenvalue weighted by Gasteiger charge is -1.97. The summed E-state index contributed by atoms with van der Waals surface area (Å²) in [5.41, 5.74) is 1.94. The van der Waals surface area contributed by atoms with Gasteiger partial charge in [0.1, 0.15) is 12.2 Å². The summed E-state index contributed by atoms with van der Waals surface area (Å²) < 4.78 is 24.5. The van der Waals surface area contributed by atoms with Gasteiger partial charge in [-0.3, -0.25) is 0 Å². The Morgan fingerprint density at radius 3 is 2.60 bits per heavy atom. The zero-order chi connectivity index (χ0) is 17.2. The van der Waals surface area contributed by atoms with E-state index in [0.29, 0.717) is 28.7 Å². The molecule has 0 radical (unpaired) electrons. The third kappa shape index (κ3) is 3.16. The van der Waals surface area contributed by atoms with Crippen LogP contribution in [0.4, 0.5) is 4.39 Å². The minimum Gasteiger partial charge on any atom is -0.420 e. The Bertz CT molecular complexity index is 1010. The highest BCUT2D eigenvalue weighted by atomic mass is 19.1. The van der Waals surface area contributed by atoms with Gasteiger partial charge in [0.25, 0.3) is 0 Å². The highest BCUT2D eigenvalue weighted by Gasteiger charge is 2.15. The third-order valence-electron chi connectivity index (χ3n) is 3.69. The molecule has 7 heteroatoms. The molecule has 0 saturated carbocycles. The Labute approximate surface area is 142 Å². The molecule has 6 nitrogen and oxygen atoms in total. The lowest BCUT2D eigenvalue weighted by Crippen LogP contribution is -1.88. The Hall–Kier alpha value is -3.35. The Morgan fingerprint density at radius 2 is 1.80 bits per heavy atom. The fourth-order valence-electron chi connectivity index (χ4n) is 2.33. The van der Waals surface area contributed by atoms with E-state index in [1.54, 1.807) is 19.1 Å². The van der Waals surface area contributed by atoms with E-state index in [2.05, 4.69) is 20.3 Å². The molecular weight excluding hydrogens is 323 g/mol. The highest BCUT2D eigenvalue weighted by molar-refractivity contribution is 5.54. The Balaban J connectivity index is 1.53. The molecule has 0 atom stereocenters. The van der Waals surface area contributed by atoms with Crippen LogP contribution in [-0.4, -0.2) is 20.3 Å². The average molecular weight is 336 g/mol. The first-order valence-corrected chi connectivity index (χ1v) is 7.66. The summed E-state index contributed by atoms with van der Waals surface area (Å²) in [6.45, 7) is 1.69. The summed E-state index contributed by atoms with van der Waals surface area (Å²) in [5.74, 6) is 1.11. The van der Waals surface area contributed by atoms with Crippen LogP contribution in [0.3, 0.4) is 0 Å². The van der Waals surface area contributed by atoms with Gasteiger partial charge in [0.05, 0.1) is 0 Å². The van der Waals surface area contributed by atoms with Crippen LogP contribution in [0.15, 0.2) is 57.5 Å². The summed E-state index contributed by atoms with van der Waals surface area (Å²) in [5, 5.41) is 11.8. The SMILES string of the molecule is Cc1ccc(-c2nnc(Cc3nc(-c4ccccc4)no3)o2)cc1F. The van der Waals surface area contributed by atoms with Crippen LogP contribution < -0.4 is 0 Å². The molecule has 4 aromatic rings. The number of benzene rings is 2. The van der Waals surface area contributed by atoms with Gasteiger partial charge in [-0.25, -0.2) is 4.39 Å². The molecule has 0 spiro atoms. The molecule has 2 aromatic carbocycles. The summed E-state index contributed by atoms with van der Waals surface area (Å²) >= 11 is 0. The lowest BCUT2D eigenvalue weighted by atomic mass is 10.1. The smallest absolute Gasteiger partial charge is 0.247 e. The van der Waals surface area contributed by atoms with E-state index < -0.39 is 0 Å². The van der Waals surface area contributed by atoms with Crippen LogP contribution in [0.2, 0.25) is 0 Å². The minimum atomic E-state index is -0.318. The van der Waals surface area contributed by atoms with Crippen LogP contribution in [0, 0.1) is 12.7 Å². The molecule has 0 aliphatic carbocycles. The number of nitrogens with zero attached hydrogens (tertiary/aromatic N) is 4. The van der Waals surface area contributed by atoms with Crippen LogP contribution in [0.1, 0.15) is 17.3 Å². The molecule has 0 fully saturated rings. The zero-order valence-electron chi connectivity index (χ0n) is 13.3. The Morgan fingerprint density at radius 1 is 0.960 bits per heavy atom. The van der Waals surface area contributed by atoms with Gasteiger partial charge in [0.2, 0.25) is 23.5 Å². The van der Waals surface area contributed by atoms with Crippen molar-refractivity contribution in [2.75, 3.05) is 0 Å². The highest BCUT2D eigenvalue weighted by Crippen LogP contribution is 2.22. The fraction of sp³-hybridized carbons (Fsp3) is 0.111. The molecule has 2 aromatic heterocycles. The number of aryl methyl sites for hydroxylation is 1. The molecule has 0 N–H and O–H groups in total. The molecule has 0 amide bonds. The van der Waals surface area contributed by atoms with E-state index in [9.17, 15) is 4.39 Å². The van der Waals surface area contributed by atoms with Gasteiger partial charge in [0.15, 0.2) is 0 Å². The number of aromatic nitrogens is 4. The predicted octanol–water partition coefficient (Wildman–Crippen LogP) is 3.82. The molecule has 0 bridgehead atoms. The summed E-state index contributed by atoms with van der Waals surface area (Å²) in [4.78, 5) is 4.32. The van der Waals surface area contributed by atoms with Crippen LogP contribution in [0.25, 0.3) is 22.8 Å². The van der Waals surface area contributed by atoms with Crippen molar-refractivity contribution in [3.05, 3.63) is 71.7 Å². The van der Waals surface area contributed by atoms with Crippen molar-refractivity contribution in [1.29, 1.82) is 0 Å². The van der Waals surface area contributed by atoms with E-state index in [1.165, 1.54) is 6.07 Å². The first kappa shape index (κ1) is 15.2. The maximum Gasteiger partial charge on any atom is 0.247 e. The van der Waals surface area contributed by atoms with Gasteiger partial charge >= 0.3 is 0 Å². The molecule has 2 heterocycles. The standard InChI is InChI=1S/C18H13FN4O2/c1-11-7-8-13(9-14(11)19)18-22-21-16(24-18)10-15-20-17(23-25-15)12-5-3-2-4-6-12/h2-9H,10H2,1H3. The molecule has 4 rings (SSSR count). The first-order chi connectivity index (χ1) is 12.2. The van der Waals surface area contributed by atoms with Crippen molar-refractivity contribution in [3.8, 4) is 22.8 Å². The average Bonchev–Trinajstić information content (AvgIpc) is 3.28. The molecule has 0 unspecified atom stereocenters. The van der Waals surface area contributed by atoms with Gasteiger partial charge in [0, 0.05) is 11.1 Å².